The molecule has 0 radical (unpaired) electrons. The highest BCUT2D eigenvalue weighted by molar-refractivity contribution is 5.15. The summed E-state index contributed by atoms with van der Waals surface area (Å²) >= 11 is 0. The minimum Gasteiger partial charge on any atom is -0.0622 e. The molecule has 20 heavy (non-hydrogen) atoms. The highest BCUT2D eigenvalue weighted by atomic mass is 14.7. The summed E-state index contributed by atoms with van der Waals surface area (Å²) in [6.45, 7) is 15.5. The molecule has 9 atom stereocenters. The number of hydrogen-bond donors (Lipinski definition) is 0. The topological polar surface area (TPSA) is 0 Å². The van der Waals surface area contributed by atoms with Crippen LogP contribution >= 0.6 is 0 Å². The fourth-order valence-corrected chi connectivity index (χ4v) is 7.70. The molecule has 0 heteroatoms. The molecule has 0 N–H and O–H groups in total. The Morgan fingerprint density at radius 1 is 0.650 bits per heavy atom. The molecular formula is C20H34. The molecule has 0 heterocycles. The number of hydrogen-bond acceptors (Lipinski definition) is 0. The van der Waals surface area contributed by atoms with Gasteiger partial charge in [0.2, 0.25) is 0 Å². The predicted octanol–water partition coefficient (Wildman–Crippen LogP) is 5.62. The van der Waals surface area contributed by atoms with Crippen LogP contribution in [0.15, 0.2) is 0 Å². The zero-order chi connectivity index (χ0) is 14.4. The summed E-state index contributed by atoms with van der Waals surface area (Å²) in [5, 5.41) is 0. The SMILES string of the molecule is C[C@@H]1[C@@H](C)C[C@H]2C[C@@H]1C2(C)C1C[C@H]2C[C@@H]([C@@H]1C)C2(C)C. The summed E-state index contributed by atoms with van der Waals surface area (Å²) < 4.78 is 0. The van der Waals surface area contributed by atoms with Crippen molar-refractivity contribution in [2.24, 2.45) is 58.2 Å². The van der Waals surface area contributed by atoms with Crippen LogP contribution < -0.4 is 0 Å². The van der Waals surface area contributed by atoms with E-state index in [0.717, 1.165) is 47.3 Å². The molecule has 6 saturated carbocycles. The molecule has 0 aromatic heterocycles. The van der Waals surface area contributed by atoms with E-state index in [1.807, 2.05) is 0 Å². The highest BCUT2D eigenvalue weighted by Crippen LogP contribution is 2.73. The molecule has 0 aromatic rings. The fourth-order valence-electron chi connectivity index (χ4n) is 7.70. The summed E-state index contributed by atoms with van der Waals surface area (Å²) in [5.41, 5.74) is 1.36. The van der Waals surface area contributed by atoms with Gasteiger partial charge >= 0.3 is 0 Å². The van der Waals surface area contributed by atoms with Gasteiger partial charge in [-0.05, 0) is 83.9 Å². The summed E-state index contributed by atoms with van der Waals surface area (Å²) in [6, 6.07) is 0. The Hall–Kier alpha value is 0. The first-order chi connectivity index (χ1) is 9.27. The third-order valence-corrected chi connectivity index (χ3v) is 9.56. The summed E-state index contributed by atoms with van der Waals surface area (Å²) in [7, 11) is 0. The van der Waals surface area contributed by atoms with Crippen molar-refractivity contribution in [3.63, 3.8) is 0 Å². The minimum atomic E-state index is 0.657. The van der Waals surface area contributed by atoms with Crippen LogP contribution in [0.2, 0.25) is 0 Å². The van der Waals surface area contributed by atoms with Crippen LogP contribution in [0.4, 0.5) is 0 Å². The van der Waals surface area contributed by atoms with E-state index in [0.29, 0.717) is 10.8 Å². The first kappa shape index (κ1) is 13.6. The van der Waals surface area contributed by atoms with Gasteiger partial charge in [0.05, 0.1) is 0 Å². The zero-order valence-corrected chi connectivity index (χ0v) is 14.4. The molecule has 6 aliphatic rings. The Morgan fingerprint density at radius 2 is 1.20 bits per heavy atom. The van der Waals surface area contributed by atoms with Crippen LogP contribution in [0.1, 0.15) is 67.2 Å². The van der Waals surface area contributed by atoms with Crippen LogP contribution in [0, 0.1) is 58.2 Å². The average molecular weight is 274 g/mol. The lowest BCUT2D eigenvalue weighted by Crippen LogP contribution is -2.65. The number of fused-ring (bicyclic) bond motifs is 5. The van der Waals surface area contributed by atoms with Crippen molar-refractivity contribution in [1.29, 1.82) is 0 Å². The highest BCUT2D eigenvalue weighted by Gasteiger charge is 2.66. The van der Waals surface area contributed by atoms with Gasteiger partial charge in [0.25, 0.3) is 0 Å². The maximum Gasteiger partial charge on any atom is -0.0235 e. The maximum atomic E-state index is 2.70. The first-order valence-electron chi connectivity index (χ1n) is 9.27. The van der Waals surface area contributed by atoms with E-state index >= 15 is 0 Å². The van der Waals surface area contributed by atoms with Gasteiger partial charge in [-0.1, -0.05) is 41.5 Å². The lowest BCUT2D eigenvalue weighted by molar-refractivity contribution is -0.236. The van der Waals surface area contributed by atoms with Crippen LogP contribution in [-0.2, 0) is 0 Å². The van der Waals surface area contributed by atoms with Crippen molar-refractivity contribution in [1.82, 2.24) is 0 Å². The second-order valence-electron chi connectivity index (χ2n) is 10.0. The molecule has 4 bridgehead atoms. The summed E-state index contributed by atoms with van der Waals surface area (Å²) in [4.78, 5) is 0. The zero-order valence-electron chi connectivity index (χ0n) is 14.4. The molecule has 0 spiro atoms. The van der Waals surface area contributed by atoms with Crippen LogP contribution in [0.25, 0.3) is 0 Å². The predicted molar refractivity (Wildman–Crippen MR) is 85.3 cm³/mol. The Bertz CT molecular complexity index is 422. The molecular weight excluding hydrogens is 240 g/mol. The normalized spacial score (nSPS) is 63.3. The van der Waals surface area contributed by atoms with E-state index in [1.165, 1.54) is 6.42 Å². The molecule has 0 nitrogen and oxygen atoms in total. The first-order valence-corrected chi connectivity index (χ1v) is 9.27. The van der Waals surface area contributed by atoms with E-state index in [-0.39, 0.29) is 0 Å². The second-order valence-corrected chi connectivity index (χ2v) is 10.0. The Balaban J connectivity index is 1.60. The van der Waals surface area contributed by atoms with Crippen molar-refractivity contribution in [3.8, 4) is 0 Å². The van der Waals surface area contributed by atoms with Gasteiger partial charge in [0.15, 0.2) is 0 Å². The molecule has 6 rings (SSSR count). The van der Waals surface area contributed by atoms with Gasteiger partial charge in [-0.3, -0.25) is 0 Å². The lowest BCUT2D eigenvalue weighted by atomic mass is 9.33. The number of rotatable bonds is 1. The molecule has 2 unspecified atom stereocenters. The van der Waals surface area contributed by atoms with E-state index < -0.39 is 0 Å². The van der Waals surface area contributed by atoms with Gasteiger partial charge in [-0.15, -0.1) is 0 Å². The van der Waals surface area contributed by atoms with Crippen molar-refractivity contribution in [2.75, 3.05) is 0 Å². The standard InChI is InChI=1S/C20H34/c1-11-7-15-10-17(12(11)2)20(15,6)18-9-14-8-16(13(18)3)19(14,4)5/h11-18H,7-10H2,1-6H3/t11-,12+,13-,14+,15-,16-,17-,18?,20?/m0/s1. The van der Waals surface area contributed by atoms with E-state index in [4.69, 9.17) is 0 Å². The van der Waals surface area contributed by atoms with E-state index in [9.17, 15) is 0 Å². The Labute approximate surface area is 126 Å². The molecule has 6 aliphatic carbocycles. The molecule has 6 fully saturated rings. The van der Waals surface area contributed by atoms with Crippen molar-refractivity contribution in [2.45, 2.75) is 67.2 Å². The molecule has 0 aliphatic heterocycles. The Morgan fingerprint density at radius 3 is 1.75 bits per heavy atom. The van der Waals surface area contributed by atoms with Crippen molar-refractivity contribution < 1.29 is 0 Å². The summed E-state index contributed by atoms with van der Waals surface area (Å²) in [5.74, 6) is 8.15. The van der Waals surface area contributed by atoms with Crippen molar-refractivity contribution in [3.05, 3.63) is 0 Å². The van der Waals surface area contributed by atoms with Gasteiger partial charge in [-0.25, -0.2) is 0 Å². The molecule has 0 amide bonds. The fraction of sp³-hybridized carbons (Fsp3) is 1.00. The van der Waals surface area contributed by atoms with Gasteiger partial charge in [-0.2, -0.15) is 0 Å². The smallest absolute Gasteiger partial charge is 0.0235 e. The second kappa shape index (κ2) is 3.85. The molecule has 114 valence electrons. The van der Waals surface area contributed by atoms with E-state index in [2.05, 4.69) is 41.5 Å². The summed E-state index contributed by atoms with van der Waals surface area (Å²) in [6.07, 6.45) is 6.18. The van der Waals surface area contributed by atoms with Crippen LogP contribution in [-0.4, -0.2) is 0 Å². The van der Waals surface area contributed by atoms with Crippen LogP contribution in [0.5, 0.6) is 0 Å². The van der Waals surface area contributed by atoms with Crippen LogP contribution in [0.3, 0.4) is 0 Å². The monoisotopic (exact) mass is 274 g/mol. The molecule has 0 aromatic carbocycles. The van der Waals surface area contributed by atoms with Gasteiger partial charge < -0.3 is 0 Å². The average Bonchev–Trinajstić information content (AvgIpc) is 2.39. The largest absolute Gasteiger partial charge is 0.0622 e. The van der Waals surface area contributed by atoms with Crippen molar-refractivity contribution >= 4 is 0 Å². The Kier molecular flexibility index (Phi) is 2.63. The maximum absolute atomic E-state index is 2.70. The van der Waals surface area contributed by atoms with Gasteiger partial charge in [0, 0.05) is 0 Å². The minimum absolute atomic E-state index is 0.657. The lowest BCUT2D eigenvalue weighted by Gasteiger charge is -2.72. The third kappa shape index (κ3) is 1.35. The van der Waals surface area contributed by atoms with Gasteiger partial charge in [0.1, 0.15) is 0 Å². The quantitative estimate of drug-likeness (QED) is 0.582. The third-order valence-electron chi connectivity index (χ3n) is 9.56. The molecule has 0 saturated heterocycles. The van der Waals surface area contributed by atoms with E-state index in [1.54, 1.807) is 19.3 Å².